The Morgan fingerprint density at radius 3 is 2.83 bits per heavy atom. The Bertz CT molecular complexity index is 971. The zero-order valence-electron chi connectivity index (χ0n) is 13.4. The largest absolute Gasteiger partial charge is 0.507 e. The van der Waals surface area contributed by atoms with Crippen molar-refractivity contribution in [2.24, 2.45) is 0 Å². The summed E-state index contributed by atoms with van der Waals surface area (Å²) in [5, 5.41) is 11.3. The first-order valence-corrected chi connectivity index (χ1v) is 8.11. The molecule has 4 heteroatoms. The summed E-state index contributed by atoms with van der Waals surface area (Å²) in [5.41, 5.74) is 2.45. The topological polar surface area (TPSA) is 59.7 Å². The van der Waals surface area contributed by atoms with Gasteiger partial charge in [-0.3, -0.25) is 0 Å². The van der Waals surface area contributed by atoms with Gasteiger partial charge < -0.3 is 14.3 Å². The molecule has 0 fully saturated rings. The van der Waals surface area contributed by atoms with Crippen molar-refractivity contribution in [2.75, 3.05) is 7.11 Å². The Hall–Kier alpha value is -2.75. The van der Waals surface area contributed by atoms with Gasteiger partial charge in [0.15, 0.2) is 0 Å². The van der Waals surface area contributed by atoms with Gasteiger partial charge in [0.25, 0.3) is 0 Å². The summed E-state index contributed by atoms with van der Waals surface area (Å²) in [6.07, 6.45) is 2.65. The van der Waals surface area contributed by atoms with Gasteiger partial charge in [0.05, 0.1) is 18.1 Å². The van der Waals surface area contributed by atoms with Gasteiger partial charge in [-0.2, -0.15) is 0 Å². The van der Waals surface area contributed by atoms with Gasteiger partial charge in [0.2, 0.25) is 0 Å². The number of hydrogen-bond donors (Lipinski definition) is 1. The highest BCUT2D eigenvalue weighted by Crippen LogP contribution is 2.43. The maximum absolute atomic E-state index is 12.6. The Balaban J connectivity index is 1.96. The molecule has 0 amide bonds. The smallest absolute Gasteiger partial charge is 0.343 e. The van der Waals surface area contributed by atoms with E-state index in [0.717, 1.165) is 36.1 Å². The predicted octanol–water partition coefficient (Wildman–Crippen LogP) is 3.98. The van der Waals surface area contributed by atoms with E-state index in [1.165, 1.54) is 0 Å². The van der Waals surface area contributed by atoms with Crippen LogP contribution in [-0.4, -0.2) is 12.2 Å². The van der Waals surface area contributed by atoms with Crippen LogP contribution in [0.15, 0.2) is 51.7 Å². The lowest BCUT2D eigenvalue weighted by Gasteiger charge is -2.27. The lowest BCUT2D eigenvalue weighted by Crippen LogP contribution is -2.19. The van der Waals surface area contributed by atoms with E-state index in [4.69, 9.17) is 9.15 Å². The number of para-hydroxylation sites is 1. The molecule has 1 heterocycles. The minimum Gasteiger partial charge on any atom is -0.507 e. The molecule has 2 aromatic carbocycles. The zero-order valence-corrected chi connectivity index (χ0v) is 13.4. The van der Waals surface area contributed by atoms with Crippen molar-refractivity contribution in [1.82, 2.24) is 0 Å². The van der Waals surface area contributed by atoms with Gasteiger partial charge in [-0.05, 0) is 48.6 Å². The third kappa shape index (κ3) is 2.18. The molecule has 1 aliphatic rings. The number of ether oxygens (including phenoxy) is 1. The highest BCUT2D eigenvalue weighted by molar-refractivity contribution is 5.84. The summed E-state index contributed by atoms with van der Waals surface area (Å²) in [6.45, 7) is 0. The standard InChI is InChI=1S/C20H18O4/c1-23-16-11-5-7-12-13(16)8-4-9-14(12)18-19(21)15-6-2-3-10-17(15)24-20(18)22/h2-3,5-7,10-11,14,21H,4,8-9H2,1H3/t14-/m0/s1. The van der Waals surface area contributed by atoms with E-state index in [1.807, 2.05) is 24.3 Å². The van der Waals surface area contributed by atoms with Gasteiger partial charge in [-0.25, -0.2) is 4.79 Å². The molecule has 1 atom stereocenters. The second kappa shape index (κ2) is 5.71. The van der Waals surface area contributed by atoms with E-state index in [1.54, 1.807) is 25.3 Å². The average molecular weight is 322 g/mol. The van der Waals surface area contributed by atoms with E-state index >= 15 is 0 Å². The molecule has 1 N–H and O–H groups in total. The maximum atomic E-state index is 12.6. The Morgan fingerprint density at radius 2 is 2.00 bits per heavy atom. The van der Waals surface area contributed by atoms with Crippen LogP contribution >= 0.6 is 0 Å². The number of hydrogen-bond acceptors (Lipinski definition) is 4. The van der Waals surface area contributed by atoms with Gasteiger partial charge in [-0.15, -0.1) is 0 Å². The molecule has 0 aliphatic heterocycles. The van der Waals surface area contributed by atoms with E-state index in [-0.39, 0.29) is 11.7 Å². The van der Waals surface area contributed by atoms with E-state index in [0.29, 0.717) is 16.5 Å². The summed E-state index contributed by atoms with van der Waals surface area (Å²) in [4.78, 5) is 12.6. The Morgan fingerprint density at radius 1 is 1.17 bits per heavy atom. The molecule has 4 nitrogen and oxygen atoms in total. The first-order valence-electron chi connectivity index (χ1n) is 8.11. The Kier molecular flexibility index (Phi) is 3.53. The van der Waals surface area contributed by atoms with E-state index in [2.05, 4.69) is 0 Å². The van der Waals surface area contributed by atoms with Crippen molar-refractivity contribution in [3.63, 3.8) is 0 Å². The number of fused-ring (bicyclic) bond motifs is 2. The SMILES string of the molecule is COc1cccc2c1CCC[C@@H]2c1c(O)c2ccccc2oc1=O. The van der Waals surface area contributed by atoms with Crippen molar-refractivity contribution in [3.8, 4) is 11.5 Å². The fourth-order valence-electron chi connectivity index (χ4n) is 3.76. The fraction of sp³-hybridized carbons (Fsp3) is 0.250. The lowest BCUT2D eigenvalue weighted by molar-refractivity contribution is 0.402. The normalized spacial score (nSPS) is 16.8. The predicted molar refractivity (Wildman–Crippen MR) is 91.9 cm³/mol. The van der Waals surface area contributed by atoms with Gasteiger partial charge in [0, 0.05) is 5.92 Å². The lowest BCUT2D eigenvalue weighted by atomic mass is 9.78. The van der Waals surface area contributed by atoms with E-state index < -0.39 is 5.63 Å². The van der Waals surface area contributed by atoms with Crippen LogP contribution in [0.3, 0.4) is 0 Å². The maximum Gasteiger partial charge on any atom is 0.343 e. The van der Waals surface area contributed by atoms with Crippen molar-refractivity contribution >= 4 is 11.0 Å². The first kappa shape index (κ1) is 14.8. The van der Waals surface area contributed by atoms with Crippen molar-refractivity contribution < 1.29 is 14.3 Å². The molecule has 0 unspecified atom stereocenters. The Labute approximate surface area is 139 Å². The van der Waals surface area contributed by atoms with Crippen LogP contribution in [0.1, 0.15) is 35.4 Å². The van der Waals surface area contributed by atoms with E-state index in [9.17, 15) is 9.90 Å². The highest BCUT2D eigenvalue weighted by atomic mass is 16.5. The monoisotopic (exact) mass is 322 g/mol. The number of methoxy groups -OCH3 is 1. The second-order valence-corrected chi connectivity index (χ2v) is 6.12. The summed E-state index contributed by atoms with van der Waals surface area (Å²) in [6, 6.07) is 12.9. The van der Waals surface area contributed by atoms with Crippen molar-refractivity contribution in [3.05, 3.63) is 69.6 Å². The number of rotatable bonds is 2. The average Bonchev–Trinajstić information content (AvgIpc) is 2.61. The van der Waals surface area contributed by atoms with Gasteiger partial charge in [-0.1, -0.05) is 24.3 Å². The van der Waals surface area contributed by atoms with Gasteiger partial charge in [0.1, 0.15) is 17.1 Å². The van der Waals surface area contributed by atoms with Crippen LogP contribution in [0.25, 0.3) is 11.0 Å². The molecular weight excluding hydrogens is 304 g/mol. The molecular formula is C20H18O4. The molecule has 1 aromatic heterocycles. The van der Waals surface area contributed by atoms with Crippen LogP contribution in [0.5, 0.6) is 11.5 Å². The molecule has 122 valence electrons. The van der Waals surface area contributed by atoms with Crippen molar-refractivity contribution in [1.29, 1.82) is 0 Å². The van der Waals surface area contributed by atoms with Crippen LogP contribution in [0.2, 0.25) is 0 Å². The third-order valence-electron chi connectivity index (χ3n) is 4.85. The first-order chi connectivity index (χ1) is 11.7. The van der Waals surface area contributed by atoms with Crippen LogP contribution in [0.4, 0.5) is 0 Å². The van der Waals surface area contributed by atoms with Crippen LogP contribution < -0.4 is 10.4 Å². The van der Waals surface area contributed by atoms with Crippen molar-refractivity contribution in [2.45, 2.75) is 25.2 Å². The summed E-state index contributed by atoms with van der Waals surface area (Å²) in [5.74, 6) is 0.689. The molecule has 4 rings (SSSR count). The molecule has 3 aromatic rings. The molecule has 0 spiro atoms. The highest BCUT2D eigenvalue weighted by Gasteiger charge is 2.29. The van der Waals surface area contributed by atoms with Gasteiger partial charge >= 0.3 is 5.63 Å². The summed E-state index contributed by atoms with van der Waals surface area (Å²) < 4.78 is 10.9. The molecule has 1 aliphatic carbocycles. The van der Waals surface area contributed by atoms with Crippen LogP contribution in [-0.2, 0) is 6.42 Å². The zero-order chi connectivity index (χ0) is 16.7. The summed E-state index contributed by atoms with van der Waals surface area (Å²) >= 11 is 0. The molecule has 0 bridgehead atoms. The third-order valence-corrected chi connectivity index (χ3v) is 4.85. The second-order valence-electron chi connectivity index (χ2n) is 6.12. The molecule has 0 radical (unpaired) electrons. The number of benzene rings is 2. The van der Waals surface area contributed by atoms with Crippen LogP contribution in [0, 0.1) is 0 Å². The molecule has 0 saturated carbocycles. The minimum atomic E-state index is -0.466. The minimum absolute atomic E-state index is 0.0301. The molecule has 0 saturated heterocycles. The fourth-order valence-corrected chi connectivity index (χ4v) is 3.76. The number of aromatic hydroxyl groups is 1. The molecule has 24 heavy (non-hydrogen) atoms. The summed E-state index contributed by atoms with van der Waals surface area (Å²) in [7, 11) is 1.65. The quantitative estimate of drug-likeness (QED) is 0.725.